The van der Waals surface area contributed by atoms with Crippen molar-refractivity contribution in [3.05, 3.63) is 23.5 Å². The van der Waals surface area contributed by atoms with Crippen LogP contribution in [-0.2, 0) is 17.6 Å². The van der Waals surface area contributed by atoms with Crippen molar-refractivity contribution in [2.75, 3.05) is 11.9 Å². The maximum Gasteiger partial charge on any atom is 0.232 e. The molecule has 1 saturated carbocycles. The third-order valence-corrected chi connectivity index (χ3v) is 6.40. The molecule has 0 spiro atoms. The van der Waals surface area contributed by atoms with E-state index in [-0.39, 0.29) is 5.91 Å². The summed E-state index contributed by atoms with van der Waals surface area (Å²) in [5.41, 5.74) is 5.65. The summed E-state index contributed by atoms with van der Waals surface area (Å²) in [5.74, 6) is 1.55. The second-order valence-corrected chi connectivity index (χ2v) is 9.73. The molecule has 0 bridgehead atoms. The lowest BCUT2D eigenvalue weighted by Crippen LogP contribution is -2.36. The van der Waals surface area contributed by atoms with Crippen molar-refractivity contribution in [3.8, 4) is 11.5 Å². The molecule has 1 amide bonds. The predicted octanol–water partition coefficient (Wildman–Crippen LogP) is 3.48. The molecule has 0 saturated heterocycles. The smallest absolute Gasteiger partial charge is 0.232 e. The maximum absolute atomic E-state index is 12.6. The van der Waals surface area contributed by atoms with Crippen molar-refractivity contribution in [2.45, 2.75) is 47.0 Å². The molecule has 2 aliphatic carbocycles. The average Bonchev–Trinajstić information content (AvgIpc) is 2.95. The summed E-state index contributed by atoms with van der Waals surface area (Å²) in [5, 5.41) is 7.79. The Morgan fingerprint density at radius 2 is 2.14 bits per heavy atom. The van der Waals surface area contributed by atoms with Crippen LogP contribution in [0, 0.1) is 16.7 Å². The SMILES string of the molecule is CN(C(=O)C(C)(C)C)c1cnc2nc(-c3n[nH]c4c3C[C@@H]3C[C@]3(C)C4)[nH]c2c1. The van der Waals surface area contributed by atoms with Crippen LogP contribution < -0.4 is 4.90 Å². The zero-order chi connectivity index (χ0) is 19.8. The van der Waals surface area contributed by atoms with Crippen LogP contribution in [0.25, 0.3) is 22.7 Å². The molecule has 0 unspecified atom stereocenters. The van der Waals surface area contributed by atoms with E-state index in [1.165, 1.54) is 17.7 Å². The Morgan fingerprint density at radius 1 is 1.36 bits per heavy atom. The first kappa shape index (κ1) is 17.4. The van der Waals surface area contributed by atoms with E-state index in [4.69, 9.17) is 0 Å². The minimum absolute atomic E-state index is 0.0437. The Labute approximate surface area is 164 Å². The van der Waals surface area contributed by atoms with Crippen molar-refractivity contribution in [1.82, 2.24) is 25.1 Å². The minimum atomic E-state index is -0.450. The number of aromatic amines is 2. The van der Waals surface area contributed by atoms with Gasteiger partial charge in [0.1, 0.15) is 5.69 Å². The fraction of sp³-hybridized carbons (Fsp3) is 0.524. The highest BCUT2D eigenvalue weighted by molar-refractivity contribution is 5.97. The van der Waals surface area contributed by atoms with Gasteiger partial charge in [-0.15, -0.1) is 0 Å². The molecule has 146 valence electrons. The number of nitrogens with one attached hydrogen (secondary N) is 2. The van der Waals surface area contributed by atoms with Crippen molar-refractivity contribution in [1.29, 1.82) is 0 Å². The number of H-pyrrole nitrogens is 2. The van der Waals surface area contributed by atoms with Crippen molar-refractivity contribution >= 4 is 22.8 Å². The Kier molecular flexibility index (Phi) is 3.37. The summed E-state index contributed by atoms with van der Waals surface area (Å²) in [4.78, 5) is 26.7. The van der Waals surface area contributed by atoms with Crippen LogP contribution in [0.3, 0.4) is 0 Å². The lowest BCUT2D eigenvalue weighted by molar-refractivity contribution is -0.125. The molecule has 0 aromatic carbocycles. The molecule has 2 N–H and O–H groups in total. The molecule has 2 atom stereocenters. The van der Waals surface area contributed by atoms with Gasteiger partial charge in [0.25, 0.3) is 0 Å². The molecule has 0 aliphatic heterocycles. The predicted molar refractivity (Wildman–Crippen MR) is 108 cm³/mol. The van der Waals surface area contributed by atoms with E-state index >= 15 is 0 Å². The first-order valence-corrected chi connectivity index (χ1v) is 9.86. The highest BCUT2D eigenvalue weighted by Gasteiger charge is 2.53. The van der Waals surface area contributed by atoms with Gasteiger partial charge in [-0.3, -0.25) is 9.89 Å². The summed E-state index contributed by atoms with van der Waals surface area (Å²) >= 11 is 0. The highest BCUT2D eigenvalue weighted by Crippen LogP contribution is 2.59. The molecule has 3 aromatic rings. The number of carbonyl (C=O) groups excluding carboxylic acids is 1. The van der Waals surface area contributed by atoms with Crippen LogP contribution >= 0.6 is 0 Å². The topological polar surface area (TPSA) is 90.6 Å². The first-order chi connectivity index (χ1) is 13.2. The Balaban J connectivity index is 1.49. The van der Waals surface area contributed by atoms with Crippen LogP contribution in [0.5, 0.6) is 0 Å². The Morgan fingerprint density at radius 3 is 2.89 bits per heavy atom. The van der Waals surface area contributed by atoms with Gasteiger partial charge < -0.3 is 9.88 Å². The second-order valence-electron chi connectivity index (χ2n) is 9.73. The summed E-state index contributed by atoms with van der Waals surface area (Å²) in [7, 11) is 1.78. The fourth-order valence-corrected chi connectivity index (χ4v) is 4.46. The summed E-state index contributed by atoms with van der Waals surface area (Å²) in [6, 6.07) is 1.93. The molecule has 3 aromatic heterocycles. The van der Waals surface area contributed by atoms with E-state index in [1.54, 1.807) is 18.1 Å². The minimum Gasteiger partial charge on any atom is -0.335 e. The molecule has 2 aliphatic rings. The number of nitrogens with zero attached hydrogens (tertiary/aromatic N) is 4. The number of hydrogen-bond donors (Lipinski definition) is 2. The number of amides is 1. The van der Waals surface area contributed by atoms with E-state index < -0.39 is 5.41 Å². The third-order valence-electron chi connectivity index (χ3n) is 6.40. The maximum atomic E-state index is 12.6. The Bertz CT molecular complexity index is 1100. The van der Waals surface area contributed by atoms with E-state index in [2.05, 4.69) is 32.1 Å². The number of imidazole rings is 1. The molecule has 5 rings (SSSR count). The van der Waals surface area contributed by atoms with Gasteiger partial charge >= 0.3 is 0 Å². The third kappa shape index (κ3) is 2.56. The molecule has 7 nitrogen and oxygen atoms in total. The van der Waals surface area contributed by atoms with E-state index in [0.717, 1.165) is 41.5 Å². The number of rotatable bonds is 2. The van der Waals surface area contributed by atoms with Gasteiger partial charge in [0.05, 0.1) is 17.4 Å². The molecule has 28 heavy (non-hydrogen) atoms. The standard InChI is InChI=1S/C21H26N6O/c1-20(2,3)19(28)27(5)12-7-14-17(22-10-12)24-18(23-14)16-13-6-11-8-21(11,4)9-15(13)25-26-16/h7,10-11H,6,8-9H2,1-5H3,(H,25,26)(H,22,23,24)/t11-,21-/m1/s1. The monoisotopic (exact) mass is 378 g/mol. The van der Waals surface area contributed by atoms with Crippen LogP contribution in [0.1, 0.15) is 45.4 Å². The Hall–Kier alpha value is -2.70. The number of fused-ring (bicyclic) bond motifs is 3. The van der Waals surface area contributed by atoms with Crippen LogP contribution in [0.15, 0.2) is 12.3 Å². The number of anilines is 1. The number of hydrogen-bond acceptors (Lipinski definition) is 4. The van der Waals surface area contributed by atoms with Gasteiger partial charge in [-0.2, -0.15) is 5.10 Å². The fourth-order valence-electron chi connectivity index (χ4n) is 4.46. The average molecular weight is 378 g/mol. The largest absolute Gasteiger partial charge is 0.335 e. The van der Waals surface area contributed by atoms with Gasteiger partial charge in [-0.1, -0.05) is 27.7 Å². The molecular formula is C21H26N6O. The number of carbonyl (C=O) groups is 1. The van der Waals surface area contributed by atoms with Gasteiger partial charge in [-0.25, -0.2) is 9.97 Å². The second kappa shape index (κ2) is 5.43. The molecular weight excluding hydrogens is 352 g/mol. The van der Waals surface area contributed by atoms with Gasteiger partial charge in [0.2, 0.25) is 5.91 Å². The zero-order valence-corrected chi connectivity index (χ0v) is 17.1. The summed E-state index contributed by atoms with van der Waals surface area (Å²) < 4.78 is 0. The van der Waals surface area contributed by atoms with E-state index in [0.29, 0.717) is 11.1 Å². The molecule has 7 heteroatoms. The van der Waals surface area contributed by atoms with Crippen molar-refractivity contribution in [3.63, 3.8) is 0 Å². The lowest BCUT2D eigenvalue weighted by atomic mass is 9.88. The van der Waals surface area contributed by atoms with Crippen molar-refractivity contribution in [2.24, 2.45) is 16.7 Å². The van der Waals surface area contributed by atoms with Crippen LogP contribution in [0.4, 0.5) is 5.69 Å². The van der Waals surface area contributed by atoms with Gasteiger partial charge in [0.15, 0.2) is 11.5 Å². The van der Waals surface area contributed by atoms with Gasteiger partial charge in [-0.05, 0) is 36.7 Å². The van der Waals surface area contributed by atoms with Crippen LogP contribution in [0.2, 0.25) is 0 Å². The first-order valence-electron chi connectivity index (χ1n) is 9.86. The summed E-state index contributed by atoms with van der Waals surface area (Å²) in [6.45, 7) is 8.11. The molecule has 3 heterocycles. The van der Waals surface area contributed by atoms with Crippen molar-refractivity contribution < 1.29 is 4.79 Å². The number of aromatic nitrogens is 5. The normalized spacial score (nSPS) is 23.4. The summed E-state index contributed by atoms with van der Waals surface area (Å²) in [6.07, 6.45) is 5.14. The number of pyridine rings is 1. The molecule has 0 radical (unpaired) electrons. The lowest BCUT2D eigenvalue weighted by Gasteiger charge is -2.25. The molecule has 1 fully saturated rings. The van der Waals surface area contributed by atoms with E-state index in [9.17, 15) is 4.79 Å². The van der Waals surface area contributed by atoms with Gasteiger partial charge in [0, 0.05) is 23.7 Å². The zero-order valence-electron chi connectivity index (χ0n) is 17.1. The quantitative estimate of drug-likeness (QED) is 0.714. The highest BCUT2D eigenvalue weighted by atomic mass is 16.2. The van der Waals surface area contributed by atoms with Crippen LogP contribution in [-0.4, -0.2) is 38.1 Å². The van der Waals surface area contributed by atoms with E-state index in [1.807, 2.05) is 26.8 Å².